The second-order valence-electron chi connectivity index (χ2n) is 7.64. The number of carbonyl (C=O) groups is 3. The molecule has 0 aromatic heterocycles. The van der Waals surface area contributed by atoms with E-state index < -0.39 is 5.97 Å². The number of aryl methyl sites for hydroxylation is 2. The molecule has 1 aliphatic heterocycles. The molecular weight excluding hydrogens is 344 g/mol. The Morgan fingerprint density at radius 2 is 1.89 bits per heavy atom. The van der Waals surface area contributed by atoms with Gasteiger partial charge in [0, 0.05) is 26.1 Å². The van der Waals surface area contributed by atoms with E-state index in [0.717, 1.165) is 31.2 Å². The lowest BCUT2D eigenvalue weighted by atomic mass is 10.0. The van der Waals surface area contributed by atoms with Crippen molar-refractivity contribution >= 4 is 17.8 Å². The SMILES string of the molecule is CC(=O)N(CC(=O)O)C1CCCN(C(=O)Cc2ccc3c(c2)CCC3)CC1. The number of amides is 2. The first-order valence-electron chi connectivity index (χ1n) is 9.81. The maximum Gasteiger partial charge on any atom is 0.323 e. The smallest absolute Gasteiger partial charge is 0.323 e. The molecule has 2 amide bonds. The molecule has 1 fully saturated rings. The zero-order valence-corrected chi connectivity index (χ0v) is 15.9. The minimum absolute atomic E-state index is 0.112. The fourth-order valence-electron chi connectivity index (χ4n) is 4.30. The van der Waals surface area contributed by atoms with Gasteiger partial charge in [-0.3, -0.25) is 14.4 Å². The van der Waals surface area contributed by atoms with E-state index in [4.69, 9.17) is 5.11 Å². The van der Waals surface area contributed by atoms with Crippen LogP contribution in [0, 0.1) is 0 Å². The van der Waals surface area contributed by atoms with E-state index in [9.17, 15) is 14.4 Å². The Hall–Kier alpha value is -2.37. The number of nitrogens with zero attached hydrogens (tertiary/aromatic N) is 2. The van der Waals surface area contributed by atoms with Gasteiger partial charge in [0.05, 0.1) is 6.42 Å². The predicted molar refractivity (Wildman–Crippen MR) is 101 cm³/mol. The van der Waals surface area contributed by atoms with E-state index in [-0.39, 0.29) is 24.4 Å². The van der Waals surface area contributed by atoms with Crippen molar-refractivity contribution in [1.29, 1.82) is 0 Å². The lowest BCUT2D eigenvalue weighted by Crippen LogP contribution is -2.43. The summed E-state index contributed by atoms with van der Waals surface area (Å²) in [6.07, 6.45) is 5.99. The fourth-order valence-corrected chi connectivity index (χ4v) is 4.30. The van der Waals surface area contributed by atoms with E-state index in [2.05, 4.69) is 18.2 Å². The van der Waals surface area contributed by atoms with Gasteiger partial charge in [-0.25, -0.2) is 0 Å². The highest BCUT2D eigenvalue weighted by molar-refractivity contribution is 5.80. The molecule has 27 heavy (non-hydrogen) atoms. The summed E-state index contributed by atoms with van der Waals surface area (Å²) in [6, 6.07) is 6.27. The van der Waals surface area contributed by atoms with Crippen LogP contribution in [0.1, 0.15) is 49.3 Å². The first-order chi connectivity index (χ1) is 12.9. The normalized spacial score (nSPS) is 19.3. The molecule has 6 nitrogen and oxygen atoms in total. The van der Waals surface area contributed by atoms with Gasteiger partial charge in [0.1, 0.15) is 6.54 Å². The first kappa shape index (κ1) is 19.4. The molecule has 1 saturated heterocycles. The van der Waals surface area contributed by atoms with Crippen LogP contribution in [-0.2, 0) is 33.6 Å². The van der Waals surface area contributed by atoms with Crippen molar-refractivity contribution in [3.8, 4) is 0 Å². The summed E-state index contributed by atoms with van der Waals surface area (Å²) >= 11 is 0. The molecule has 0 saturated carbocycles. The number of aliphatic carboxylic acids is 1. The summed E-state index contributed by atoms with van der Waals surface area (Å²) < 4.78 is 0. The summed E-state index contributed by atoms with van der Waals surface area (Å²) in [7, 11) is 0. The number of fused-ring (bicyclic) bond motifs is 1. The number of rotatable bonds is 5. The molecule has 1 N–H and O–H groups in total. The minimum atomic E-state index is -1.00. The summed E-state index contributed by atoms with van der Waals surface area (Å²) in [6.45, 7) is 2.37. The second-order valence-corrected chi connectivity index (χ2v) is 7.64. The number of carboxylic acid groups (broad SMARTS) is 1. The van der Waals surface area contributed by atoms with E-state index in [1.807, 2.05) is 4.90 Å². The summed E-state index contributed by atoms with van der Waals surface area (Å²) in [5.74, 6) is -1.11. The average Bonchev–Trinajstić information content (AvgIpc) is 2.94. The van der Waals surface area contributed by atoms with Gasteiger partial charge in [0.15, 0.2) is 0 Å². The van der Waals surface area contributed by atoms with Gasteiger partial charge in [-0.05, 0) is 55.2 Å². The monoisotopic (exact) mass is 372 g/mol. The molecule has 3 rings (SSSR count). The molecule has 2 aliphatic rings. The number of carboxylic acids is 1. The lowest BCUT2D eigenvalue weighted by molar-refractivity contribution is -0.145. The zero-order valence-electron chi connectivity index (χ0n) is 15.9. The van der Waals surface area contributed by atoms with Crippen LogP contribution < -0.4 is 0 Å². The zero-order chi connectivity index (χ0) is 19.4. The van der Waals surface area contributed by atoms with Crippen molar-refractivity contribution in [1.82, 2.24) is 9.80 Å². The minimum Gasteiger partial charge on any atom is -0.480 e. The Bertz CT molecular complexity index is 731. The molecular formula is C21H28N2O4. The van der Waals surface area contributed by atoms with Crippen LogP contribution in [-0.4, -0.2) is 58.4 Å². The van der Waals surface area contributed by atoms with Crippen LogP contribution in [0.4, 0.5) is 0 Å². The predicted octanol–water partition coefficient (Wildman–Crippen LogP) is 2.03. The first-order valence-corrected chi connectivity index (χ1v) is 9.81. The van der Waals surface area contributed by atoms with E-state index in [0.29, 0.717) is 25.9 Å². The lowest BCUT2D eigenvalue weighted by Gasteiger charge is -2.28. The van der Waals surface area contributed by atoms with Gasteiger partial charge in [-0.1, -0.05) is 18.2 Å². The average molecular weight is 372 g/mol. The van der Waals surface area contributed by atoms with Crippen molar-refractivity contribution in [2.75, 3.05) is 19.6 Å². The van der Waals surface area contributed by atoms with Gasteiger partial charge >= 0.3 is 5.97 Å². The van der Waals surface area contributed by atoms with Crippen LogP contribution in [0.2, 0.25) is 0 Å². The number of benzene rings is 1. The summed E-state index contributed by atoms with van der Waals surface area (Å²) in [4.78, 5) is 38.9. The van der Waals surface area contributed by atoms with Crippen molar-refractivity contribution in [2.24, 2.45) is 0 Å². The molecule has 1 aromatic rings. The van der Waals surface area contributed by atoms with Crippen LogP contribution in [0.5, 0.6) is 0 Å². The maximum atomic E-state index is 12.8. The second kappa shape index (κ2) is 8.55. The highest BCUT2D eigenvalue weighted by atomic mass is 16.4. The maximum absolute atomic E-state index is 12.8. The third kappa shape index (κ3) is 4.87. The van der Waals surface area contributed by atoms with Crippen molar-refractivity contribution in [3.05, 3.63) is 34.9 Å². The topological polar surface area (TPSA) is 77.9 Å². The molecule has 0 bridgehead atoms. The Morgan fingerprint density at radius 1 is 1.11 bits per heavy atom. The largest absolute Gasteiger partial charge is 0.480 e. The Kier molecular flexibility index (Phi) is 6.14. The highest BCUT2D eigenvalue weighted by Gasteiger charge is 2.27. The highest BCUT2D eigenvalue weighted by Crippen LogP contribution is 2.24. The number of hydrogen-bond donors (Lipinski definition) is 1. The molecule has 1 aromatic carbocycles. The van der Waals surface area contributed by atoms with Gasteiger partial charge in [0.25, 0.3) is 0 Å². The molecule has 1 aliphatic carbocycles. The van der Waals surface area contributed by atoms with E-state index >= 15 is 0 Å². The molecule has 0 radical (unpaired) electrons. The fraction of sp³-hybridized carbons (Fsp3) is 0.571. The van der Waals surface area contributed by atoms with Gasteiger partial charge in [-0.15, -0.1) is 0 Å². The Morgan fingerprint density at radius 3 is 2.63 bits per heavy atom. The third-order valence-electron chi connectivity index (χ3n) is 5.72. The van der Waals surface area contributed by atoms with Gasteiger partial charge < -0.3 is 14.9 Å². The number of carbonyl (C=O) groups excluding carboxylic acids is 2. The summed E-state index contributed by atoms with van der Waals surface area (Å²) in [5.41, 5.74) is 3.85. The van der Waals surface area contributed by atoms with Crippen LogP contribution >= 0.6 is 0 Å². The molecule has 0 spiro atoms. The third-order valence-corrected chi connectivity index (χ3v) is 5.72. The van der Waals surface area contributed by atoms with Crippen LogP contribution in [0.15, 0.2) is 18.2 Å². The standard InChI is InChI=1S/C21H28N2O4/c1-15(24)23(14-21(26)27)19-6-3-10-22(11-9-19)20(25)13-16-7-8-17-4-2-5-18(17)12-16/h7-8,12,19H,2-6,9-11,13-14H2,1H3,(H,26,27). The Balaban J connectivity index is 1.59. The Labute approximate surface area is 160 Å². The van der Waals surface area contributed by atoms with E-state index in [1.54, 1.807) is 0 Å². The van der Waals surface area contributed by atoms with Crippen LogP contribution in [0.25, 0.3) is 0 Å². The van der Waals surface area contributed by atoms with E-state index in [1.165, 1.54) is 29.4 Å². The molecule has 146 valence electrons. The van der Waals surface area contributed by atoms with Crippen molar-refractivity contribution in [3.63, 3.8) is 0 Å². The molecule has 1 unspecified atom stereocenters. The summed E-state index contributed by atoms with van der Waals surface area (Å²) in [5, 5.41) is 9.05. The quantitative estimate of drug-likeness (QED) is 0.858. The molecule has 6 heteroatoms. The number of likely N-dealkylation sites (tertiary alicyclic amines) is 1. The van der Waals surface area contributed by atoms with Crippen LogP contribution in [0.3, 0.4) is 0 Å². The van der Waals surface area contributed by atoms with Gasteiger partial charge in [-0.2, -0.15) is 0 Å². The van der Waals surface area contributed by atoms with Crippen molar-refractivity contribution in [2.45, 2.75) is 57.9 Å². The van der Waals surface area contributed by atoms with Gasteiger partial charge in [0.2, 0.25) is 11.8 Å². The van der Waals surface area contributed by atoms with Crippen molar-refractivity contribution < 1.29 is 19.5 Å². The molecule has 1 heterocycles. The number of hydrogen-bond acceptors (Lipinski definition) is 3. The molecule has 1 atom stereocenters.